The molecule has 5 rings (SSSR count). The van der Waals surface area contributed by atoms with E-state index in [0.717, 1.165) is 22.2 Å². The van der Waals surface area contributed by atoms with Crippen LogP contribution < -0.4 is 15.6 Å². The summed E-state index contributed by atoms with van der Waals surface area (Å²) < 4.78 is 8.57. The predicted molar refractivity (Wildman–Crippen MR) is 135 cm³/mol. The Bertz CT molecular complexity index is 1600. The first kappa shape index (κ1) is 22.3. The van der Waals surface area contributed by atoms with Crippen LogP contribution in [0.15, 0.2) is 71.5 Å². The van der Waals surface area contributed by atoms with E-state index in [-0.39, 0.29) is 17.0 Å². The molecule has 0 unspecified atom stereocenters. The zero-order chi connectivity index (χ0) is 24.5. The van der Waals surface area contributed by atoms with E-state index in [4.69, 9.17) is 4.74 Å². The Morgan fingerprint density at radius 2 is 1.66 bits per heavy atom. The second kappa shape index (κ2) is 9.06. The SMILES string of the molecule is CCOc1ccc(NC(=O)c2nc3c(=O)n(Cc4ccc(C)cc4)c4cc(C)ccc4n3n2)cc1. The van der Waals surface area contributed by atoms with Gasteiger partial charge in [0.25, 0.3) is 11.5 Å². The highest BCUT2D eigenvalue weighted by Crippen LogP contribution is 2.19. The number of rotatable bonds is 6. The fourth-order valence-corrected chi connectivity index (χ4v) is 3.99. The standard InChI is InChI=1S/C27H25N5O3/c1-4-35-21-12-10-20(11-13-21)28-26(33)24-29-25-27(34)31(16-19-8-5-17(2)6-9-19)23-15-18(3)7-14-22(23)32(25)30-24/h5-15H,4,16H2,1-3H3,(H,28,33). The molecule has 0 atom stereocenters. The van der Waals surface area contributed by atoms with Crippen molar-refractivity contribution in [1.82, 2.24) is 19.2 Å². The molecule has 0 spiro atoms. The number of carbonyl (C=O) groups excluding carboxylic acids is 1. The first-order valence-electron chi connectivity index (χ1n) is 11.4. The van der Waals surface area contributed by atoms with E-state index >= 15 is 0 Å². The molecule has 1 N–H and O–H groups in total. The highest BCUT2D eigenvalue weighted by molar-refractivity contribution is 6.02. The lowest BCUT2D eigenvalue weighted by Crippen LogP contribution is -2.24. The molecule has 176 valence electrons. The Morgan fingerprint density at radius 3 is 2.37 bits per heavy atom. The number of nitrogens with zero attached hydrogens (tertiary/aromatic N) is 4. The van der Waals surface area contributed by atoms with Gasteiger partial charge in [0, 0.05) is 5.69 Å². The van der Waals surface area contributed by atoms with Gasteiger partial charge in [-0.3, -0.25) is 14.2 Å². The molecular formula is C27H25N5O3. The van der Waals surface area contributed by atoms with Gasteiger partial charge in [-0.1, -0.05) is 35.9 Å². The number of hydrogen-bond acceptors (Lipinski definition) is 5. The molecule has 1 amide bonds. The zero-order valence-corrected chi connectivity index (χ0v) is 19.8. The summed E-state index contributed by atoms with van der Waals surface area (Å²) in [5.41, 5.74) is 4.96. The third-order valence-corrected chi connectivity index (χ3v) is 5.78. The number of fused-ring (bicyclic) bond motifs is 3. The lowest BCUT2D eigenvalue weighted by molar-refractivity contribution is 0.101. The van der Waals surface area contributed by atoms with Gasteiger partial charge in [0.2, 0.25) is 11.5 Å². The lowest BCUT2D eigenvalue weighted by atomic mass is 10.1. The van der Waals surface area contributed by atoms with Gasteiger partial charge in [-0.2, -0.15) is 4.98 Å². The summed E-state index contributed by atoms with van der Waals surface area (Å²) in [5, 5.41) is 7.17. The summed E-state index contributed by atoms with van der Waals surface area (Å²) >= 11 is 0. The van der Waals surface area contributed by atoms with Gasteiger partial charge in [0.05, 0.1) is 24.2 Å². The van der Waals surface area contributed by atoms with E-state index in [1.54, 1.807) is 28.8 Å². The van der Waals surface area contributed by atoms with E-state index in [0.29, 0.717) is 30.1 Å². The van der Waals surface area contributed by atoms with Gasteiger partial charge in [0.15, 0.2) is 0 Å². The normalized spacial score (nSPS) is 11.2. The van der Waals surface area contributed by atoms with Crippen LogP contribution in [0.1, 0.15) is 34.2 Å². The molecule has 0 radical (unpaired) electrons. The van der Waals surface area contributed by atoms with Crippen molar-refractivity contribution < 1.29 is 9.53 Å². The van der Waals surface area contributed by atoms with Gasteiger partial charge in [0.1, 0.15) is 5.75 Å². The van der Waals surface area contributed by atoms with Gasteiger partial charge in [-0.25, -0.2) is 4.52 Å². The second-order valence-corrected chi connectivity index (χ2v) is 8.45. The first-order chi connectivity index (χ1) is 16.9. The average Bonchev–Trinajstić information content (AvgIpc) is 3.30. The highest BCUT2D eigenvalue weighted by atomic mass is 16.5. The number of ether oxygens (including phenoxy) is 1. The zero-order valence-electron chi connectivity index (χ0n) is 19.8. The van der Waals surface area contributed by atoms with Crippen LogP contribution >= 0.6 is 0 Å². The third kappa shape index (κ3) is 4.38. The maximum atomic E-state index is 13.5. The Kier molecular flexibility index (Phi) is 5.78. The minimum Gasteiger partial charge on any atom is -0.494 e. The number of nitrogens with one attached hydrogen (secondary N) is 1. The molecule has 8 heteroatoms. The largest absolute Gasteiger partial charge is 0.494 e. The lowest BCUT2D eigenvalue weighted by Gasteiger charge is -2.12. The number of amides is 1. The van der Waals surface area contributed by atoms with Crippen molar-refractivity contribution >= 4 is 28.3 Å². The van der Waals surface area contributed by atoms with Crippen molar-refractivity contribution in [3.63, 3.8) is 0 Å². The number of anilines is 1. The van der Waals surface area contributed by atoms with E-state index in [1.165, 1.54) is 4.52 Å². The van der Waals surface area contributed by atoms with E-state index in [1.807, 2.05) is 63.2 Å². The highest BCUT2D eigenvalue weighted by Gasteiger charge is 2.19. The van der Waals surface area contributed by atoms with Crippen LogP contribution in [0.3, 0.4) is 0 Å². The molecule has 35 heavy (non-hydrogen) atoms. The van der Waals surface area contributed by atoms with Crippen molar-refractivity contribution in [3.8, 4) is 5.75 Å². The van der Waals surface area contributed by atoms with Crippen LogP contribution in [0.5, 0.6) is 5.75 Å². The maximum absolute atomic E-state index is 13.5. The van der Waals surface area contributed by atoms with E-state index in [9.17, 15) is 9.59 Å². The maximum Gasteiger partial charge on any atom is 0.296 e. The molecule has 2 heterocycles. The Balaban J connectivity index is 1.56. The Morgan fingerprint density at radius 1 is 0.943 bits per heavy atom. The minimum absolute atomic E-state index is 0.0778. The molecule has 0 fully saturated rings. The molecule has 0 aliphatic rings. The summed E-state index contributed by atoms with van der Waals surface area (Å²) in [6.45, 7) is 6.85. The first-order valence-corrected chi connectivity index (χ1v) is 11.4. The van der Waals surface area contributed by atoms with Crippen molar-refractivity contribution in [2.75, 3.05) is 11.9 Å². The summed E-state index contributed by atoms with van der Waals surface area (Å²) in [7, 11) is 0. The second-order valence-electron chi connectivity index (χ2n) is 8.45. The number of hydrogen-bond donors (Lipinski definition) is 1. The molecule has 0 aliphatic heterocycles. The molecule has 0 saturated heterocycles. The fourth-order valence-electron chi connectivity index (χ4n) is 3.99. The predicted octanol–water partition coefficient (Wildman–Crippen LogP) is 4.36. The molecule has 5 aromatic rings. The number of carbonyl (C=O) groups is 1. The molecule has 0 bridgehead atoms. The quantitative estimate of drug-likeness (QED) is 0.401. The minimum atomic E-state index is -0.498. The number of aromatic nitrogens is 4. The Hall–Kier alpha value is -4.46. The molecule has 0 aliphatic carbocycles. The molecule has 2 aromatic heterocycles. The topological polar surface area (TPSA) is 90.5 Å². The molecule has 3 aromatic carbocycles. The van der Waals surface area contributed by atoms with Crippen molar-refractivity contribution in [2.24, 2.45) is 0 Å². The average molecular weight is 468 g/mol. The molecule has 0 saturated carbocycles. The van der Waals surface area contributed by atoms with Gasteiger partial charge in [-0.15, -0.1) is 5.10 Å². The van der Waals surface area contributed by atoms with Crippen LogP contribution in [-0.4, -0.2) is 31.7 Å². The van der Waals surface area contributed by atoms with E-state index in [2.05, 4.69) is 15.4 Å². The van der Waals surface area contributed by atoms with Crippen LogP contribution in [0, 0.1) is 13.8 Å². The van der Waals surface area contributed by atoms with Crippen LogP contribution in [0.25, 0.3) is 16.7 Å². The third-order valence-electron chi connectivity index (χ3n) is 5.78. The summed E-state index contributed by atoms with van der Waals surface area (Å²) in [4.78, 5) is 30.8. The smallest absolute Gasteiger partial charge is 0.296 e. The summed E-state index contributed by atoms with van der Waals surface area (Å²) in [6.07, 6.45) is 0. The number of aryl methyl sites for hydroxylation is 2. The van der Waals surface area contributed by atoms with Crippen molar-refractivity contribution in [2.45, 2.75) is 27.3 Å². The number of benzene rings is 3. The van der Waals surface area contributed by atoms with Crippen LogP contribution in [-0.2, 0) is 6.54 Å². The van der Waals surface area contributed by atoms with Crippen LogP contribution in [0.2, 0.25) is 0 Å². The fraction of sp³-hybridized carbons (Fsp3) is 0.185. The van der Waals surface area contributed by atoms with Gasteiger partial charge < -0.3 is 10.1 Å². The van der Waals surface area contributed by atoms with Crippen molar-refractivity contribution in [3.05, 3.63) is 99.6 Å². The Labute approximate surface area is 201 Å². The van der Waals surface area contributed by atoms with E-state index < -0.39 is 5.91 Å². The summed E-state index contributed by atoms with van der Waals surface area (Å²) in [6, 6.07) is 20.9. The van der Waals surface area contributed by atoms with Gasteiger partial charge in [-0.05, 0) is 68.3 Å². The van der Waals surface area contributed by atoms with Crippen LogP contribution in [0.4, 0.5) is 5.69 Å². The molecule has 8 nitrogen and oxygen atoms in total. The van der Waals surface area contributed by atoms with Gasteiger partial charge >= 0.3 is 0 Å². The van der Waals surface area contributed by atoms with Crippen molar-refractivity contribution in [1.29, 1.82) is 0 Å². The summed E-state index contributed by atoms with van der Waals surface area (Å²) in [5.74, 6) is 0.140. The molecular weight excluding hydrogens is 442 g/mol. The monoisotopic (exact) mass is 467 g/mol.